The third-order valence-corrected chi connectivity index (χ3v) is 6.04. The van der Waals surface area contributed by atoms with E-state index in [9.17, 15) is 8.42 Å². The maximum atomic E-state index is 11.5. The van der Waals surface area contributed by atoms with Gasteiger partial charge >= 0.3 is 0 Å². The molecule has 1 unspecified atom stereocenters. The second-order valence-electron chi connectivity index (χ2n) is 4.44. The molecule has 1 aliphatic heterocycles. The molecule has 2 heterocycles. The lowest BCUT2D eigenvalue weighted by molar-refractivity contribution is 0.528. The number of hydrogen-bond acceptors (Lipinski definition) is 6. The Morgan fingerprint density at radius 2 is 2.25 bits per heavy atom. The molecule has 1 fully saturated rings. The Labute approximate surface area is 99.0 Å². The minimum absolute atomic E-state index is 0.192. The molecule has 90 valence electrons. The molecule has 1 atom stereocenters. The van der Waals surface area contributed by atoms with E-state index in [0.29, 0.717) is 19.4 Å². The van der Waals surface area contributed by atoms with Crippen molar-refractivity contribution in [1.82, 2.24) is 10.2 Å². The van der Waals surface area contributed by atoms with E-state index in [4.69, 9.17) is 5.73 Å². The molecule has 0 bridgehead atoms. The molecule has 0 spiro atoms. The summed E-state index contributed by atoms with van der Waals surface area (Å²) in [6, 6.07) is 0. The van der Waals surface area contributed by atoms with Gasteiger partial charge in [0.15, 0.2) is 9.84 Å². The molecular formula is C9H15N3O2S2. The van der Waals surface area contributed by atoms with Crippen molar-refractivity contribution in [2.75, 3.05) is 18.1 Å². The number of nitrogens with two attached hydrogens (primary N) is 1. The van der Waals surface area contributed by atoms with E-state index in [1.165, 1.54) is 11.3 Å². The molecule has 0 saturated carbocycles. The zero-order chi connectivity index (χ0) is 11.8. The van der Waals surface area contributed by atoms with Crippen LogP contribution >= 0.6 is 11.3 Å². The van der Waals surface area contributed by atoms with E-state index >= 15 is 0 Å². The van der Waals surface area contributed by atoms with E-state index in [1.807, 2.05) is 6.92 Å². The summed E-state index contributed by atoms with van der Waals surface area (Å²) in [4.78, 5) is 0. The Balaban J connectivity index is 2.23. The predicted molar refractivity (Wildman–Crippen MR) is 63.3 cm³/mol. The Morgan fingerprint density at radius 1 is 1.50 bits per heavy atom. The van der Waals surface area contributed by atoms with Gasteiger partial charge in [-0.1, -0.05) is 6.92 Å². The molecule has 1 aliphatic rings. The van der Waals surface area contributed by atoms with Crippen molar-refractivity contribution in [3.05, 3.63) is 10.0 Å². The van der Waals surface area contributed by atoms with Crippen molar-refractivity contribution < 1.29 is 8.42 Å². The topological polar surface area (TPSA) is 85.9 Å². The van der Waals surface area contributed by atoms with E-state index in [-0.39, 0.29) is 16.9 Å². The summed E-state index contributed by atoms with van der Waals surface area (Å²) in [7, 11) is -2.89. The Bertz CT molecular complexity index is 483. The Kier molecular flexibility index (Phi) is 3.02. The van der Waals surface area contributed by atoms with Gasteiger partial charge in [-0.15, -0.1) is 21.5 Å². The predicted octanol–water partition coefficient (Wildman–Crippen LogP) is 0.116. The molecule has 2 rings (SSSR count). The second-order valence-corrected chi connectivity index (χ2v) is 7.69. The van der Waals surface area contributed by atoms with Crippen LogP contribution in [0.5, 0.6) is 0 Å². The van der Waals surface area contributed by atoms with Crippen LogP contribution in [-0.4, -0.2) is 36.7 Å². The van der Waals surface area contributed by atoms with Gasteiger partial charge in [0.05, 0.1) is 11.5 Å². The lowest BCUT2D eigenvalue weighted by atomic mass is 9.91. The van der Waals surface area contributed by atoms with Gasteiger partial charge in [0.2, 0.25) is 0 Å². The molecule has 1 aromatic heterocycles. The number of hydrogen-bond donors (Lipinski definition) is 1. The third kappa shape index (κ3) is 2.26. The minimum atomic E-state index is -2.89. The van der Waals surface area contributed by atoms with Crippen LogP contribution in [0.3, 0.4) is 0 Å². The van der Waals surface area contributed by atoms with E-state index in [1.54, 1.807) is 0 Å². The van der Waals surface area contributed by atoms with Gasteiger partial charge in [0.25, 0.3) is 0 Å². The molecule has 16 heavy (non-hydrogen) atoms. The van der Waals surface area contributed by atoms with Crippen LogP contribution in [0.15, 0.2) is 0 Å². The quantitative estimate of drug-likeness (QED) is 0.835. The van der Waals surface area contributed by atoms with Gasteiger partial charge in [0, 0.05) is 11.8 Å². The van der Waals surface area contributed by atoms with E-state index < -0.39 is 9.84 Å². The Morgan fingerprint density at radius 3 is 2.81 bits per heavy atom. The first-order valence-corrected chi connectivity index (χ1v) is 7.82. The van der Waals surface area contributed by atoms with Crippen molar-refractivity contribution in [2.45, 2.75) is 25.2 Å². The molecule has 2 N–H and O–H groups in total. The fourth-order valence-corrected chi connectivity index (χ4v) is 5.18. The van der Waals surface area contributed by atoms with Crippen LogP contribution in [0.2, 0.25) is 0 Å². The lowest BCUT2D eigenvalue weighted by Crippen LogP contribution is -2.23. The van der Waals surface area contributed by atoms with Gasteiger partial charge in [-0.2, -0.15) is 0 Å². The third-order valence-electron chi connectivity index (χ3n) is 2.84. The van der Waals surface area contributed by atoms with E-state index in [0.717, 1.165) is 10.0 Å². The molecule has 1 aromatic rings. The first kappa shape index (κ1) is 11.9. The average molecular weight is 261 g/mol. The van der Waals surface area contributed by atoms with Crippen LogP contribution in [0.1, 0.15) is 23.4 Å². The summed E-state index contributed by atoms with van der Waals surface area (Å²) in [6.07, 6.45) is 1.35. The molecule has 7 heteroatoms. The Hall–Kier alpha value is -0.530. The van der Waals surface area contributed by atoms with Gasteiger partial charge in [-0.3, -0.25) is 0 Å². The van der Waals surface area contributed by atoms with Crippen molar-refractivity contribution in [3.8, 4) is 0 Å². The largest absolute Gasteiger partial charge is 0.330 e. The van der Waals surface area contributed by atoms with Crippen LogP contribution in [0.25, 0.3) is 0 Å². The maximum Gasteiger partial charge on any atom is 0.151 e. The monoisotopic (exact) mass is 261 g/mol. The first-order valence-electron chi connectivity index (χ1n) is 5.19. The summed E-state index contributed by atoms with van der Waals surface area (Å²) in [5.74, 6) is 0.451. The number of rotatable bonds is 3. The molecule has 1 saturated heterocycles. The molecule has 5 nitrogen and oxygen atoms in total. The highest BCUT2D eigenvalue weighted by molar-refractivity contribution is 7.91. The van der Waals surface area contributed by atoms with Crippen molar-refractivity contribution in [2.24, 2.45) is 5.73 Å². The highest BCUT2D eigenvalue weighted by Crippen LogP contribution is 2.37. The first-order chi connectivity index (χ1) is 7.45. The summed E-state index contributed by atoms with van der Waals surface area (Å²) in [5, 5.41) is 9.86. The van der Waals surface area contributed by atoms with Gasteiger partial charge in [0.1, 0.15) is 10.0 Å². The SMILES string of the molecule is CC1(c2nnc(CCN)s2)CCS(=O)(=O)C1. The summed E-state index contributed by atoms with van der Waals surface area (Å²) in [6.45, 7) is 2.49. The fourth-order valence-electron chi connectivity index (χ4n) is 1.90. The zero-order valence-corrected chi connectivity index (χ0v) is 10.8. The van der Waals surface area contributed by atoms with Crippen molar-refractivity contribution in [1.29, 1.82) is 0 Å². The molecule has 0 amide bonds. The molecular weight excluding hydrogens is 246 g/mol. The zero-order valence-electron chi connectivity index (χ0n) is 9.14. The van der Waals surface area contributed by atoms with Crippen molar-refractivity contribution >= 4 is 21.2 Å². The van der Waals surface area contributed by atoms with Crippen LogP contribution in [0.4, 0.5) is 0 Å². The van der Waals surface area contributed by atoms with Crippen LogP contribution in [0, 0.1) is 0 Å². The minimum Gasteiger partial charge on any atom is -0.330 e. The average Bonchev–Trinajstić information content (AvgIpc) is 2.73. The maximum absolute atomic E-state index is 11.5. The highest BCUT2D eigenvalue weighted by atomic mass is 32.2. The number of aromatic nitrogens is 2. The highest BCUT2D eigenvalue weighted by Gasteiger charge is 2.42. The smallest absolute Gasteiger partial charge is 0.151 e. The van der Waals surface area contributed by atoms with Crippen LogP contribution < -0.4 is 5.73 Å². The van der Waals surface area contributed by atoms with Gasteiger partial charge in [-0.25, -0.2) is 8.42 Å². The summed E-state index contributed by atoms with van der Waals surface area (Å²) in [5.41, 5.74) is 5.10. The van der Waals surface area contributed by atoms with E-state index in [2.05, 4.69) is 10.2 Å². The standard InChI is InChI=1S/C9H15N3O2S2/c1-9(3-5-16(13,14)6-9)8-12-11-7(15-8)2-4-10/h2-6,10H2,1H3. The normalized spacial score (nSPS) is 28.4. The molecule has 0 radical (unpaired) electrons. The number of sulfone groups is 1. The lowest BCUT2D eigenvalue weighted by Gasteiger charge is -2.17. The van der Waals surface area contributed by atoms with Gasteiger partial charge < -0.3 is 5.73 Å². The van der Waals surface area contributed by atoms with Crippen LogP contribution in [-0.2, 0) is 21.7 Å². The summed E-state index contributed by atoms with van der Waals surface area (Å²) >= 11 is 1.49. The molecule has 0 aromatic carbocycles. The fraction of sp³-hybridized carbons (Fsp3) is 0.778. The second kappa shape index (κ2) is 4.05. The number of nitrogens with zero attached hydrogens (tertiary/aromatic N) is 2. The van der Waals surface area contributed by atoms with Crippen molar-refractivity contribution in [3.63, 3.8) is 0 Å². The summed E-state index contributed by atoms with van der Waals surface area (Å²) < 4.78 is 23.0. The van der Waals surface area contributed by atoms with Gasteiger partial charge in [-0.05, 0) is 13.0 Å². The molecule has 0 aliphatic carbocycles.